The van der Waals surface area contributed by atoms with Crippen molar-refractivity contribution in [2.24, 2.45) is 0 Å². The van der Waals surface area contributed by atoms with Crippen LogP contribution in [0.25, 0.3) is 0 Å². The third kappa shape index (κ3) is 1.25. The van der Waals surface area contributed by atoms with Crippen LogP contribution in [0.15, 0.2) is 18.2 Å². The third-order valence-electron chi connectivity index (χ3n) is 2.68. The zero-order valence-corrected chi connectivity index (χ0v) is 7.56. The van der Waals surface area contributed by atoms with E-state index in [1.807, 2.05) is 0 Å². The normalized spacial score (nSPS) is 22.0. The van der Waals surface area contributed by atoms with Gasteiger partial charge in [-0.1, -0.05) is 18.2 Å². The molecule has 1 aromatic carbocycles. The quantitative estimate of drug-likeness (QED) is 0.535. The zero-order valence-electron chi connectivity index (χ0n) is 7.56. The molecule has 1 N–H and O–H groups in total. The molecular weight excluding hydrogens is 146 g/mol. The highest BCUT2D eigenvalue weighted by Crippen LogP contribution is 2.15. The van der Waals surface area contributed by atoms with Crippen LogP contribution in [0.4, 0.5) is 0 Å². The number of fused-ring (bicyclic) bond motifs is 1. The van der Waals surface area contributed by atoms with Crippen molar-refractivity contribution in [3.05, 3.63) is 41.9 Å². The van der Waals surface area contributed by atoms with Gasteiger partial charge in [0.15, 0.2) is 0 Å². The molecule has 64 valence electrons. The predicted molar refractivity (Wildman–Crippen MR) is 49.8 cm³/mol. The Bertz CT molecular complexity index is 291. The molecular formula is C11H15N. The van der Waals surface area contributed by atoms with E-state index in [0.29, 0.717) is 0 Å². The maximum atomic E-state index is 4.04. The smallest absolute Gasteiger partial charge is 0.0790 e. The fourth-order valence-corrected chi connectivity index (χ4v) is 1.95. The molecule has 0 spiro atoms. The van der Waals surface area contributed by atoms with Crippen molar-refractivity contribution < 1.29 is 4.90 Å². The SMILES string of the molecule is [CH2-][NH+]1CCc2c(C)cccc2C1. The number of rotatable bonds is 0. The first-order chi connectivity index (χ1) is 5.77. The first-order valence-electron chi connectivity index (χ1n) is 4.51. The molecule has 1 heteroatoms. The van der Waals surface area contributed by atoms with Crippen molar-refractivity contribution in [3.8, 4) is 0 Å². The zero-order chi connectivity index (χ0) is 8.55. The van der Waals surface area contributed by atoms with Crippen molar-refractivity contribution in [1.82, 2.24) is 0 Å². The van der Waals surface area contributed by atoms with Crippen LogP contribution in [0.5, 0.6) is 0 Å². The Hall–Kier alpha value is -0.820. The van der Waals surface area contributed by atoms with Crippen LogP contribution in [-0.2, 0) is 13.0 Å². The number of hydrogen-bond acceptors (Lipinski definition) is 0. The predicted octanol–water partition coefficient (Wildman–Crippen LogP) is 0.728. The summed E-state index contributed by atoms with van der Waals surface area (Å²) >= 11 is 0. The lowest BCUT2D eigenvalue weighted by Gasteiger charge is -2.28. The van der Waals surface area contributed by atoms with Crippen molar-refractivity contribution in [3.63, 3.8) is 0 Å². The van der Waals surface area contributed by atoms with E-state index in [1.165, 1.54) is 29.0 Å². The summed E-state index contributed by atoms with van der Waals surface area (Å²) in [5, 5.41) is 0. The summed E-state index contributed by atoms with van der Waals surface area (Å²) in [5.41, 5.74) is 4.50. The molecule has 1 unspecified atom stereocenters. The van der Waals surface area contributed by atoms with Crippen LogP contribution >= 0.6 is 0 Å². The van der Waals surface area contributed by atoms with E-state index in [4.69, 9.17) is 0 Å². The highest BCUT2D eigenvalue weighted by molar-refractivity contribution is 5.34. The molecule has 1 aliphatic heterocycles. The molecule has 1 aromatic rings. The van der Waals surface area contributed by atoms with E-state index >= 15 is 0 Å². The molecule has 0 bridgehead atoms. The molecule has 0 aliphatic carbocycles. The van der Waals surface area contributed by atoms with Gasteiger partial charge in [-0.3, -0.25) is 0 Å². The average molecular weight is 161 g/mol. The van der Waals surface area contributed by atoms with Gasteiger partial charge in [-0.25, -0.2) is 0 Å². The van der Waals surface area contributed by atoms with Crippen LogP contribution in [0, 0.1) is 14.0 Å². The lowest BCUT2D eigenvalue weighted by molar-refractivity contribution is -0.870. The summed E-state index contributed by atoms with van der Waals surface area (Å²) in [7, 11) is 4.04. The molecule has 0 amide bonds. The number of nitrogens with one attached hydrogen (secondary N) is 1. The first kappa shape index (κ1) is 7.81. The topological polar surface area (TPSA) is 4.44 Å². The summed E-state index contributed by atoms with van der Waals surface area (Å²) in [6, 6.07) is 6.58. The minimum Gasteiger partial charge on any atom is -0.464 e. The van der Waals surface area contributed by atoms with Gasteiger partial charge in [0, 0.05) is 12.0 Å². The molecule has 0 aromatic heterocycles. The summed E-state index contributed by atoms with van der Waals surface area (Å²) in [4.78, 5) is 1.38. The van der Waals surface area contributed by atoms with Crippen molar-refractivity contribution >= 4 is 0 Å². The van der Waals surface area contributed by atoms with E-state index in [2.05, 4.69) is 32.2 Å². The molecule has 0 fully saturated rings. The molecule has 1 aliphatic rings. The summed E-state index contributed by atoms with van der Waals surface area (Å²) < 4.78 is 0. The van der Waals surface area contributed by atoms with E-state index in [9.17, 15) is 0 Å². The monoisotopic (exact) mass is 161 g/mol. The van der Waals surface area contributed by atoms with E-state index < -0.39 is 0 Å². The van der Waals surface area contributed by atoms with Gasteiger partial charge in [-0.05, 0) is 18.1 Å². The largest absolute Gasteiger partial charge is 0.464 e. The van der Waals surface area contributed by atoms with Gasteiger partial charge in [0.25, 0.3) is 0 Å². The molecule has 12 heavy (non-hydrogen) atoms. The Morgan fingerprint density at radius 2 is 2.25 bits per heavy atom. The van der Waals surface area contributed by atoms with Crippen molar-refractivity contribution in [2.75, 3.05) is 6.54 Å². The number of hydrogen-bond donors (Lipinski definition) is 1. The highest BCUT2D eigenvalue weighted by Gasteiger charge is 2.13. The van der Waals surface area contributed by atoms with Crippen LogP contribution in [0.3, 0.4) is 0 Å². The van der Waals surface area contributed by atoms with E-state index in [0.717, 1.165) is 6.54 Å². The Morgan fingerprint density at radius 3 is 3.08 bits per heavy atom. The summed E-state index contributed by atoms with van der Waals surface area (Å²) in [6.45, 7) is 4.47. The number of aryl methyl sites for hydroxylation is 1. The molecule has 0 saturated carbocycles. The standard InChI is InChI=1S/C11H15N/c1-9-4-3-5-10-8-12(2)7-6-11(9)10/h3-5,12H,2,6-8H2,1H3. The summed E-state index contributed by atoms with van der Waals surface area (Å²) in [5.74, 6) is 0. The second-order valence-electron chi connectivity index (χ2n) is 3.64. The molecule has 1 atom stereocenters. The van der Waals surface area contributed by atoms with E-state index in [1.54, 1.807) is 5.56 Å². The maximum Gasteiger partial charge on any atom is 0.0790 e. The lowest BCUT2D eigenvalue weighted by atomic mass is 9.96. The average Bonchev–Trinajstić information content (AvgIpc) is 2.04. The Morgan fingerprint density at radius 1 is 1.42 bits per heavy atom. The maximum absolute atomic E-state index is 4.04. The first-order valence-corrected chi connectivity index (χ1v) is 4.51. The van der Waals surface area contributed by atoms with Crippen LogP contribution < -0.4 is 4.90 Å². The van der Waals surface area contributed by atoms with Gasteiger partial charge in [0.2, 0.25) is 0 Å². The van der Waals surface area contributed by atoms with Crippen molar-refractivity contribution in [2.45, 2.75) is 19.9 Å². The van der Waals surface area contributed by atoms with Gasteiger partial charge in [-0.15, -0.1) is 0 Å². The second kappa shape index (κ2) is 2.91. The van der Waals surface area contributed by atoms with Crippen LogP contribution in [0.1, 0.15) is 16.7 Å². The lowest BCUT2D eigenvalue weighted by Crippen LogP contribution is -3.06. The van der Waals surface area contributed by atoms with Gasteiger partial charge < -0.3 is 4.90 Å². The van der Waals surface area contributed by atoms with E-state index in [-0.39, 0.29) is 0 Å². The van der Waals surface area contributed by atoms with Crippen LogP contribution in [0.2, 0.25) is 0 Å². The molecule has 1 heterocycles. The van der Waals surface area contributed by atoms with Gasteiger partial charge >= 0.3 is 0 Å². The fraction of sp³-hybridized carbons (Fsp3) is 0.364. The van der Waals surface area contributed by atoms with Crippen LogP contribution in [-0.4, -0.2) is 6.54 Å². The van der Waals surface area contributed by atoms with Gasteiger partial charge in [-0.2, -0.15) is 7.05 Å². The fourth-order valence-electron chi connectivity index (χ4n) is 1.95. The molecule has 0 radical (unpaired) electrons. The van der Waals surface area contributed by atoms with Gasteiger partial charge in [0.05, 0.1) is 13.1 Å². The minimum atomic E-state index is 1.09. The Balaban J connectivity index is 2.42. The number of quaternary nitrogens is 1. The minimum absolute atomic E-state index is 1.09. The number of benzene rings is 1. The molecule has 0 saturated heterocycles. The Labute approximate surface area is 74.0 Å². The second-order valence-corrected chi connectivity index (χ2v) is 3.64. The Kier molecular flexibility index (Phi) is 1.89. The summed E-state index contributed by atoms with van der Waals surface area (Å²) in [6.07, 6.45) is 1.20. The van der Waals surface area contributed by atoms with Crippen molar-refractivity contribution in [1.29, 1.82) is 0 Å². The molecule has 1 nitrogen and oxygen atoms in total. The van der Waals surface area contributed by atoms with Gasteiger partial charge in [0.1, 0.15) is 0 Å². The molecule has 2 rings (SSSR count). The third-order valence-corrected chi connectivity index (χ3v) is 2.68. The highest BCUT2D eigenvalue weighted by atomic mass is 15.1.